The van der Waals surface area contributed by atoms with Crippen molar-refractivity contribution in [1.29, 1.82) is 0 Å². The highest BCUT2D eigenvalue weighted by Gasteiger charge is 2.18. The normalized spacial score (nSPS) is 12.9. The molecule has 0 spiro atoms. The van der Waals surface area contributed by atoms with Crippen LogP contribution < -0.4 is 5.32 Å². The van der Waals surface area contributed by atoms with Gasteiger partial charge in [-0.3, -0.25) is 9.59 Å². The molecule has 0 aliphatic heterocycles. The third-order valence-corrected chi connectivity index (χ3v) is 12.9. The number of allylic oxidation sites excluding steroid dienone is 5. The minimum Gasteiger partial charge on any atom is -0.466 e. The third kappa shape index (κ3) is 49.5. The second-order valence-electron chi connectivity index (χ2n) is 19.3. The molecule has 0 aromatic rings. The maximum Gasteiger partial charge on any atom is 0.305 e. The number of amides is 1. The van der Waals surface area contributed by atoms with Crippen molar-refractivity contribution < 1.29 is 24.5 Å². The summed E-state index contributed by atoms with van der Waals surface area (Å²) in [6, 6.07) is -0.639. The highest BCUT2D eigenvalue weighted by atomic mass is 16.5. The molecule has 6 heteroatoms. The fourth-order valence-electron chi connectivity index (χ4n) is 8.53. The molecule has 0 bridgehead atoms. The van der Waals surface area contributed by atoms with Gasteiger partial charge in [0.15, 0.2) is 0 Å². The topological polar surface area (TPSA) is 95.9 Å². The number of hydrogen-bond donors (Lipinski definition) is 3. The first kappa shape index (κ1) is 62.1. The largest absolute Gasteiger partial charge is 0.466 e. The van der Waals surface area contributed by atoms with Gasteiger partial charge in [0.05, 0.1) is 25.4 Å². The summed E-state index contributed by atoms with van der Waals surface area (Å²) in [6.45, 7) is 4.84. The van der Waals surface area contributed by atoms with Crippen molar-refractivity contribution >= 4 is 11.9 Å². The van der Waals surface area contributed by atoms with Crippen LogP contribution in [0.5, 0.6) is 0 Å². The number of carbonyl (C=O) groups is 2. The second kappa shape index (κ2) is 53.7. The van der Waals surface area contributed by atoms with Crippen LogP contribution in [-0.2, 0) is 14.3 Å². The van der Waals surface area contributed by atoms with Crippen LogP contribution >= 0.6 is 0 Å². The number of rotatable bonds is 52. The van der Waals surface area contributed by atoms with E-state index in [-0.39, 0.29) is 18.5 Å². The van der Waals surface area contributed by atoms with E-state index in [1.54, 1.807) is 6.08 Å². The first-order valence-electron chi connectivity index (χ1n) is 28.3. The van der Waals surface area contributed by atoms with Crippen molar-refractivity contribution in [3.63, 3.8) is 0 Å². The zero-order chi connectivity index (χ0) is 46.5. The van der Waals surface area contributed by atoms with Gasteiger partial charge in [0.1, 0.15) is 0 Å². The smallest absolute Gasteiger partial charge is 0.305 e. The van der Waals surface area contributed by atoms with Crippen LogP contribution in [0.15, 0.2) is 36.5 Å². The molecule has 0 aliphatic rings. The van der Waals surface area contributed by atoms with Gasteiger partial charge in [0.25, 0.3) is 0 Å². The molecule has 0 radical (unpaired) electrons. The predicted molar refractivity (Wildman–Crippen MR) is 278 cm³/mol. The Bertz CT molecular complexity index is 1040. The quantitative estimate of drug-likeness (QED) is 0.0321. The monoisotopic (exact) mass is 900 g/mol. The van der Waals surface area contributed by atoms with Crippen LogP contribution in [0.1, 0.15) is 296 Å². The van der Waals surface area contributed by atoms with Crippen LogP contribution in [-0.4, -0.2) is 47.4 Å². The number of unbranched alkanes of at least 4 members (excludes halogenated alkanes) is 37. The fourth-order valence-corrected chi connectivity index (χ4v) is 8.53. The lowest BCUT2D eigenvalue weighted by Crippen LogP contribution is -2.45. The molecule has 0 rings (SSSR count). The van der Waals surface area contributed by atoms with Gasteiger partial charge in [-0.05, 0) is 57.8 Å². The molecule has 0 saturated heterocycles. The number of carbonyl (C=O) groups excluding carboxylic acids is 2. The molecule has 0 aromatic heterocycles. The summed E-state index contributed by atoms with van der Waals surface area (Å²) in [6.07, 6.45) is 65.8. The van der Waals surface area contributed by atoms with E-state index in [0.29, 0.717) is 19.4 Å². The van der Waals surface area contributed by atoms with Crippen LogP contribution in [0.25, 0.3) is 0 Å². The molecule has 376 valence electrons. The lowest BCUT2D eigenvalue weighted by atomic mass is 10.0. The Labute approximate surface area is 398 Å². The second-order valence-corrected chi connectivity index (χ2v) is 19.3. The molecule has 0 saturated carbocycles. The Morgan fingerprint density at radius 3 is 1.23 bits per heavy atom. The van der Waals surface area contributed by atoms with Crippen molar-refractivity contribution in [3.8, 4) is 0 Å². The van der Waals surface area contributed by atoms with Crippen molar-refractivity contribution in [2.24, 2.45) is 0 Å². The number of esters is 1. The number of aliphatic hydroxyl groups excluding tert-OH is 2. The van der Waals surface area contributed by atoms with Crippen LogP contribution in [0, 0.1) is 0 Å². The standard InChI is InChI=1S/C58H109NO5/c1-3-5-7-9-11-13-15-17-19-20-21-22-23-24-26-30-34-38-42-46-50-56(61)55(54-60)59-57(62)51-47-43-39-35-31-27-25-29-33-37-41-45-49-53-64-58(63)52-48-44-40-36-32-28-18-16-14-12-10-8-6-4-2/h10,12,16,18,46,50,55-56,60-61H,3-9,11,13-15,17,19-45,47-49,51-54H2,1-2H3,(H,59,62)/b12-10-,18-16-,50-46+. The number of aliphatic hydroxyl groups is 2. The lowest BCUT2D eigenvalue weighted by Gasteiger charge is -2.20. The minimum atomic E-state index is -0.855. The molecule has 2 atom stereocenters. The molecule has 0 aromatic carbocycles. The molecule has 1 amide bonds. The third-order valence-electron chi connectivity index (χ3n) is 12.9. The summed E-state index contributed by atoms with van der Waals surface area (Å²) >= 11 is 0. The molecule has 64 heavy (non-hydrogen) atoms. The van der Waals surface area contributed by atoms with Gasteiger partial charge < -0.3 is 20.3 Å². The van der Waals surface area contributed by atoms with Gasteiger partial charge in [-0.1, -0.05) is 262 Å². The summed E-state index contributed by atoms with van der Waals surface area (Å²) < 4.78 is 5.46. The molecular weight excluding hydrogens is 791 g/mol. The molecule has 0 fully saturated rings. The molecular formula is C58H109NO5. The van der Waals surface area contributed by atoms with Gasteiger partial charge in [0.2, 0.25) is 5.91 Å². The summed E-state index contributed by atoms with van der Waals surface area (Å²) in [7, 11) is 0. The Hall–Kier alpha value is -1.92. The van der Waals surface area contributed by atoms with Crippen molar-refractivity contribution in [2.75, 3.05) is 13.2 Å². The Morgan fingerprint density at radius 1 is 0.438 bits per heavy atom. The van der Waals surface area contributed by atoms with Crippen LogP contribution in [0.2, 0.25) is 0 Å². The van der Waals surface area contributed by atoms with E-state index in [4.69, 9.17) is 4.74 Å². The summed E-state index contributed by atoms with van der Waals surface area (Å²) in [5, 5.41) is 23.1. The maximum atomic E-state index is 12.5. The lowest BCUT2D eigenvalue weighted by molar-refractivity contribution is -0.143. The summed E-state index contributed by atoms with van der Waals surface area (Å²) in [4.78, 5) is 24.5. The molecule has 2 unspecified atom stereocenters. The van der Waals surface area contributed by atoms with Gasteiger partial charge in [0, 0.05) is 12.8 Å². The summed E-state index contributed by atoms with van der Waals surface area (Å²) in [5.41, 5.74) is 0. The number of ether oxygens (including phenoxy) is 1. The number of nitrogens with one attached hydrogen (secondary N) is 1. The first-order valence-corrected chi connectivity index (χ1v) is 28.3. The van der Waals surface area contributed by atoms with Crippen molar-refractivity contribution in [3.05, 3.63) is 36.5 Å². The average Bonchev–Trinajstić information content (AvgIpc) is 3.29. The van der Waals surface area contributed by atoms with E-state index in [0.717, 1.165) is 70.6 Å². The van der Waals surface area contributed by atoms with Crippen molar-refractivity contribution in [1.82, 2.24) is 5.32 Å². The highest BCUT2D eigenvalue weighted by molar-refractivity contribution is 5.76. The van der Waals surface area contributed by atoms with E-state index in [1.165, 1.54) is 199 Å². The van der Waals surface area contributed by atoms with Crippen LogP contribution in [0.3, 0.4) is 0 Å². The molecule has 0 heterocycles. The zero-order valence-corrected chi connectivity index (χ0v) is 42.8. The molecule has 0 aliphatic carbocycles. The minimum absolute atomic E-state index is 0.0214. The van der Waals surface area contributed by atoms with Gasteiger partial charge in [-0.25, -0.2) is 0 Å². The van der Waals surface area contributed by atoms with Crippen LogP contribution in [0.4, 0.5) is 0 Å². The van der Waals surface area contributed by atoms with Gasteiger partial charge in [-0.15, -0.1) is 0 Å². The first-order chi connectivity index (χ1) is 31.5. The van der Waals surface area contributed by atoms with Gasteiger partial charge in [-0.2, -0.15) is 0 Å². The van der Waals surface area contributed by atoms with E-state index in [2.05, 4.69) is 43.5 Å². The van der Waals surface area contributed by atoms with E-state index < -0.39 is 12.1 Å². The highest BCUT2D eigenvalue weighted by Crippen LogP contribution is 2.16. The van der Waals surface area contributed by atoms with Crippen molar-refractivity contribution in [2.45, 2.75) is 309 Å². The van der Waals surface area contributed by atoms with E-state index in [1.807, 2.05) is 6.08 Å². The fraction of sp³-hybridized carbons (Fsp3) is 0.862. The van der Waals surface area contributed by atoms with Gasteiger partial charge >= 0.3 is 5.97 Å². The SMILES string of the molecule is CCCC/C=C\C/C=C\CCCCCCCC(=O)OCCCCCCCCCCCCCCCC(=O)NC(CO)C(O)/C=C/CCCCCCCCCCCCCCCCCCCC. The van der Waals surface area contributed by atoms with E-state index >= 15 is 0 Å². The van der Waals surface area contributed by atoms with E-state index in [9.17, 15) is 19.8 Å². The average molecular weight is 901 g/mol. The Morgan fingerprint density at radius 2 is 0.797 bits per heavy atom. The zero-order valence-electron chi connectivity index (χ0n) is 42.8. The Balaban J connectivity index is 3.50. The number of hydrogen-bond acceptors (Lipinski definition) is 5. The Kier molecular flexibility index (Phi) is 52.1. The summed E-state index contributed by atoms with van der Waals surface area (Å²) in [5.74, 6) is -0.101. The predicted octanol–water partition coefficient (Wildman–Crippen LogP) is 17.2. The molecule has 3 N–H and O–H groups in total. The molecule has 6 nitrogen and oxygen atoms in total. The maximum absolute atomic E-state index is 12.5.